The molecule has 1 N–H and O–H groups in total. The first-order chi connectivity index (χ1) is 10.3. The van der Waals surface area contributed by atoms with Gasteiger partial charge in [0.2, 0.25) is 0 Å². The molecule has 1 saturated heterocycles. The van der Waals surface area contributed by atoms with E-state index < -0.39 is 0 Å². The van der Waals surface area contributed by atoms with Crippen LogP contribution in [0.4, 0.5) is 0 Å². The van der Waals surface area contributed by atoms with Crippen molar-refractivity contribution in [3.05, 3.63) is 41.6 Å². The lowest BCUT2D eigenvalue weighted by Gasteiger charge is -2.35. The van der Waals surface area contributed by atoms with Crippen molar-refractivity contribution in [1.82, 2.24) is 15.2 Å². The molecule has 0 radical (unpaired) electrons. The highest BCUT2D eigenvalue weighted by Gasteiger charge is 2.23. The molecule has 1 unspecified atom stereocenters. The number of hydrogen-bond acceptors (Lipinski definition) is 4. The van der Waals surface area contributed by atoms with Gasteiger partial charge in [0.15, 0.2) is 0 Å². The zero-order valence-corrected chi connectivity index (χ0v) is 12.8. The predicted molar refractivity (Wildman–Crippen MR) is 85.4 cm³/mol. The number of fused-ring (bicyclic) bond motifs is 1. The first-order valence-electron chi connectivity index (χ1n) is 7.59. The third kappa shape index (κ3) is 3.23. The molecule has 2 aromatic rings. The zero-order chi connectivity index (χ0) is 14.7. The van der Waals surface area contributed by atoms with Crippen LogP contribution in [0, 0.1) is 6.92 Å². The smallest absolute Gasteiger partial charge is 0.0708 e. The second-order valence-electron chi connectivity index (χ2n) is 5.70. The van der Waals surface area contributed by atoms with E-state index >= 15 is 0 Å². The van der Waals surface area contributed by atoms with Gasteiger partial charge in [-0.05, 0) is 31.7 Å². The predicted octanol–water partition coefficient (Wildman–Crippen LogP) is 1.96. The maximum Gasteiger partial charge on any atom is 0.0708 e. The molecule has 1 atom stereocenters. The number of nitrogens with zero attached hydrogens (tertiary/aromatic N) is 2. The van der Waals surface area contributed by atoms with Crippen LogP contribution in [0.5, 0.6) is 0 Å². The first-order valence-corrected chi connectivity index (χ1v) is 7.59. The molecule has 112 valence electrons. The lowest BCUT2D eigenvalue weighted by atomic mass is 10.1. The molecule has 21 heavy (non-hydrogen) atoms. The van der Waals surface area contributed by atoms with E-state index in [1.54, 1.807) is 0 Å². The number of rotatable bonds is 4. The van der Waals surface area contributed by atoms with Gasteiger partial charge < -0.3 is 10.1 Å². The topological polar surface area (TPSA) is 37.4 Å². The monoisotopic (exact) mass is 285 g/mol. The van der Waals surface area contributed by atoms with Gasteiger partial charge in [0.05, 0.1) is 18.7 Å². The summed E-state index contributed by atoms with van der Waals surface area (Å²) in [5, 5.41) is 4.53. The molecule has 1 fully saturated rings. The second-order valence-corrected chi connectivity index (χ2v) is 5.70. The van der Waals surface area contributed by atoms with E-state index in [0.29, 0.717) is 6.04 Å². The van der Waals surface area contributed by atoms with Crippen LogP contribution in [-0.2, 0) is 11.3 Å². The number of morpholine rings is 1. The Kier molecular flexibility index (Phi) is 4.48. The Labute approximate surface area is 126 Å². The molecular formula is C17H23N3O. The van der Waals surface area contributed by atoms with Crippen LogP contribution in [0.25, 0.3) is 10.9 Å². The molecule has 0 saturated carbocycles. The summed E-state index contributed by atoms with van der Waals surface area (Å²) in [6.45, 7) is 6.61. The fourth-order valence-corrected chi connectivity index (χ4v) is 3.07. The van der Waals surface area contributed by atoms with Crippen molar-refractivity contribution >= 4 is 10.9 Å². The average molecular weight is 285 g/mol. The summed E-state index contributed by atoms with van der Waals surface area (Å²) in [6, 6.07) is 11.1. The van der Waals surface area contributed by atoms with Gasteiger partial charge in [-0.2, -0.15) is 0 Å². The molecule has 4 heteroatoms. The van der Waals surface area contributed by atoms with Crippen LogP contribution in [0.15, 0.2) is 30.3 Å². The number of benzene rings is 1. The Balaban J connectivity index is 1.89. The SMILES string of the molecule is CNCC1COCCN1Cc1cc(C)nc2ccccc12. The van der Waals surface area contributed by atoms with Gasteiger partial charge in [0.25, 0.3) is 0 Å². The standard InChI is InChI=1S/C17H23N3O/c1-13-9-14(16-5-3-4-6-17(16)19-13)11-20-7-8-21-12-15(20)10-18-2/h3-6,9,15,18H,7-8,10-12H2,1-2H3. The van der Waals surface area contributed by atoms with E-state index in [4.69, 9.17) is 4.74 Å². The maximum absolute atomic E-state index is 5.62. The molecule has 1 aromatic carbocycles. The highest BCUT2D eigenvalue weighted by molar-refractivity contribution is 5.82. The highest BCUT2D eigenvalue weighted by atomic mass is 16.5. The Bertz CT molecular complexity index is 612. The molecule has 0 bridgehead atoms. The Morgan fingerprint density at radius 2 is 2.24 bits per heavy atom. The normalized spacial score (nSPS) is 20.0. The van der Waals surface area contributed by atoms with Crippen LogP contribution in [0.2, 0.25) is 0 Å². The quantitative estimate of drug-likeness (QED) is 0.932. The first kappa shape index (κ1) is 14.4. The van der Waals surface area contributed by atoms with E-state index in [9.17, 15) is 0 Å². The van der Waals surface area contributed by atoms with Gasteiger partial charge in [-0.1, -0.05) is 18.2 Å². The van der Waals surface area contributed by atoms with Crippen LogP contribution >= 0.6 is 0 Å². The van der Waals surface area contributed by atoms with Crippen molar-refractivity contribution in [1.29, 1.82) is 0 Å². The fourth-order valence-electron chi connectivity index (χ4n) is 3.07. The highest BCUT2D eigenvalue weighted by Crippen LogP contribution is 2.21. The molecule has 0 amide bonds. The van der Waals surface area contributed by atoms with Crippen molar-refractivity contribution in [2.75, 3.05) is 33.4 Å². The van der Waals surface area contributed by atoms with E-state index in [2.05, 4.69) is 52.5 Å². The summed E-state index contributed by atoms with van der Waals surface area (Å²) in [5.41, 5.74) is 3.54. The number of ether oxygens (including phenoxy) is 1. The summed E-state index contributed by atoms with van der Waals surface area (Å²) in [4.78, 5) is 7.14. The van der Waals surface area contributed by atoms with Crippen LogP contribution < -0.4 is 5.32 Å². The second kappa shape index (κ2) is 6.52. The third-order valence-electron chi connectivity index (χ3n) is 4.09. The minimum Gasteiger partial charge on any atom is -0.378 e. The number of pyridine rings is 1. The Morgan fingerprint density at radius 1 is 1.38 bits per heavy atom. The van der Waals surface area contributed by atoms with Gasteiger partial charge in [-0.3, -0.25) is 9.88 Å². The van der Waals surface area contributed by atoms with Crippen LogP contribution in [0.1, 0.15) is 11.3 Å². The van der Waals surface area contributed by atoms with E-state index in [1.165, 1.54) is 10.9 Å². The number of aromatic nitrogens is 1. The number of aryl methyl sites for hydroxylation is 1. The van der Waals surface area contributed by atoms with Crippen molar-refractivity contribution < 1.29 is 4.74 Å². The Morgan fingerprint density at radius 3 is 3.10 bits per heavy atom. The molecule has 1 aliphatic heterocycles. The minimum atomic E-state index is 0.441. The maximum atomic E-state index is 5.62. The summed E-state index contributed by atoms with van der Waals surface area (Å²) in [6.07, 6.45) is 0. The van der Waals surface area contributed by atoms with Crippen molar-refractivity contribution in [2.24, 2.45) is 0 Å². The van der Waals surface area contributed by atoms with Gasteiger partial charge in [-0.25, -0.2) is 0 Å². The van der Waals surface area contributed by atoms with Gasteiger partial charge in [0.1, 0.15) is 0 Å². The van der Waals surface area contributed by atoms with Crippen molar-refractivity contribution in [3.8, 4) is 0 Å². The lowest BCUT2D eigenvalue weighted by Crippen LogP contribution is -2.49. The lowest BCUT2D eigenvalue weighted by molar-refractivity contribution is -0.0101. The number of likely N-dealkylation sites (N-methyl/N-ethyl adjacent to an activating group) is 1. The number of hydrogen-bond donors (Lipinski definition) is 1. The summed E-state index contributed by atoms with van der Waals surface area (Å²) >= 11 is 0. The van der Waals surface area contributed by atoms with Crippen LogP contribution in [-0.4, -0.2) is 49.3 Å². The molecular weight excluding hydrogens is 262 g/mol. The van der Waals surface area contributed by atoms with Crippen LogP contribution in [0.3, 0.4) is 0 Å². The van der Waals surface area contributed by atoms with Crippen molar-refractivity contribution in [3.63, 3.8) is 0 Å². The largest absolute Gasteiger partial charge is 0.378 e. The average Bonchev–Trinajstić information content (AvgIpc) is 2.49. The number of nitrogens with one attached hydrogen (secondary N) is 1. The minimum absolute atomic E-state index is 0.441. The van der Waals surface area contributed by atoms with Gasteiger partial charge in [-0.15, -0.1) is 0 Å². The van der Waals surface area contributed by atoms with Gasteiger partial charge in [0, 0.05) is 36.8 Å². The number of para-hydroxylation sites is 1. The zero-order valence-electron chi connectivity index (χ0n) is 12.8. The van der Waals surface area contributed by atoms with Gasteiger partial charge >= 0.3 is 0 Å². The summed E-state index contributed by atoms with van der Waals surface area (Å²) < 4.78 is 5.62. The molecule has 3 rings (SSSR count). The van der Waals surface area contributed by atoms with E-state index in [1.807, 2.05) is 7.05 Å². The third-order valence-corrected chi connectivity index (χ3v) is 4.09. The molecule has 0 aliphatic carbocycles. The molecule has 2 heterocycles. The molecule has 1 aromatic heterocycles. The van der Waals surface area contributed by atoms with E-state index in [0.717, 1.165) is 44.1 Å². The Hall–Kier alpha value is -1.49. The summed E-state index contributed by atoms with van der Waals surface area (Å²) in [5.74, 6) is 0. The summed E-state index contributed by atoms with van der Waals surface area (Å²) in [7, 11) is 2.00. The molecule has 1 aliphatic rings. The van der Waals surface area contributed by atoms with Crippen molar-refractivity contribution in [2.45, 2.75) is 19.5 Å². The fraction of sp³-hybridized carbons (Fsp3) is 0.471. The van der Waals surface area contributed by atoms with E-state index in [-0.39, 0.29) is 0 Å². The molecule has 4 nitrogen and oxygen atoms in total. The molecule has 0 spiro atoms.